The zero-order valence-electron chi connectivity index (χ0n) is 82.4. The number of hydrogen-bond donors (Lipinski definition) is 0. The highest BCUT2D eigenvalue weighted by molar-refractivity contribution is 7.00. The first-order chi connectivity index (χ1) is 58.5. The maximum Gasteiger partial charge on any atom is 0.297 e. The predicted octanol–water partition coefficient (Wildman–Crippen LogP) is 29.1. The van der Waals surface area contributed by atoms with Gasteiger partial charge in [-0.3, -0.25) is 0 Å². The van der Waals surface area contributed by atoms with Crippen LogP contribution in [0.2, 0.25) is 0 Å². The molecule has 0 bridgehead atoms. The van der Waals surface area contributed by atoms with Crippen molar-refractivity contribution in [3.63, 3.8) is 0 Å². The van der Waals surface area contributed by atoms with Gasteiger partial charge in [0, 0.05) is 67.6 Å². The van der Waals surface area contributed by atoms with Crippen LogP contribution in [0.4, 0.5) is 68.2 Å². The number of aryl methyl sites for hydroxylation is 2. The molecule has 126 heavy (non-hydrogen) atoms. The van der Waals surface area contributed by atoms with Crippen molar-refractivity contribution in [3.8, 4) is 0 Å². The highest BCUT2D eigenvalue weighted by atomic mass is 16.3. The highest BCUT2D eigenvalue weighted by Crippen LogP contribution is 2.59. The summed E-state index contributed by atoms with van der Waals surface area (Å²) < 4.78 is 15.7. The molecule has 0 fully saturated rings. The van der Waals surface area contributed by atoms with E-state index in [9.17, 15) is 0 Å². The van der Waals surface area contributed by atoms with Gasteiger partial charge in [0.2, 0.25) is 0 Å². The Labute approximate surface area is 756 Å². The average molecular weight is 1670 g/mol. The van der Waals surface area contributed by atoms with Gasteiger partial charge in [-0.05, 0) is 356 Å². The van der Waals surface area contributed by atoms with Gasteiger partial charge >= 0.3 is 0 Å². The lowest BCUT2D eigenvalue weighted by Gasteiger charge is -2.48. The standard InChI is InChI=1S/C118H140B2N4O2/c1-69-54-94-100-95(55-69)124(79-59-74(109(11,12)13)58-75(60-79)110(14,15)16)103-81-62-73(108(8,9)10)35-43-99(81)126-105(103)120(100)91-66-89-88(68-93(91)121(94)77-38-40-82-84(63-77)113(21,22)48-46-111(82,17)18)117(29,30)52-53-118(89,31)45-44-70-56-96-101-97(57-70)123(76-36-32-71(33-37-76)106(2,3)4)102-80-61-72(107(5,6)7)34-42-98(80)125-104(102)119(101)90-65-86-87(116(27,28)51-50-115(86,25)26)67-92(90)122(96)78-39-41-83-85(64-78)114(23,24)49-47-112(83,19)20/h32-43,54-68H,44-53H2,1-31H3. The van der Waals surface area contributed by atoms with Crippen LogP contribution in [0, 0.1) is 6.92 Å². The van der Waals surface area contributed by atoms with E-state index in [0.717, 1.165) is 115 Å². The van der Waals surface area contributed by atoms with Crippen LogP contribution in [0.1, 0.15) is 349 Å². The second-order valence-electron chi connectivity index (χ2n) is 50.7. The Morgan fingerprint density at radius 2 is 0.619 bits per heavy atom. The summed E-state index contributed by atoms with van der Waals surface area (Å²) in [7, 11) is 0. The van der Waals surface area contributed by atoms with E-state index in [1.165, 1.54) is 156 Å². The minimum absolute atomic E-state index is 0.0187. The van der Waals surface area contributed by atoms with E-state index in [0.29, 0.717) is 0 Å². The van der Waals surface area contributed by atoms with E-state index in [1.54, 1.807) is 0 Å². The van der Waals surface area contributed by atoms with E-state index >= 15 is 0 Å². The molecule has 0 radical (unpaired) electrons. The normalized spacial score (nSPS) is 20.1. The molecular formula is C118H140B2N4O2. The molecule has 8 aliphatic rings. The van der Waals surface area contributed by atoms with Crippen molar-refractivity contribution in [3.05, 3.63) is 247 Å². The zero-order valence-corrected chi connectivity index (χ0v) is 82.4. The molecule has 6 nitrogen and oxygen atoms in total. The maximum atomic E-state index is 7.93. The summed E-state index contributed by atoms with van der Waals surface area (Å²) in [6, 6.07) is 68.1. The van der Waals surface area contributed by atoms with E-state index in [2.05, 4.69) is 398 Å². The number of anilines is 12. The molecule has 12 aromatic rings. The second kappa shape index (κ2) is 27.1. The van der Waals surface area contributed by atoms with Crippen LogP contribution in [-0.2, 0) is 76.8 Å². The summed E-state index contributed by atoms with van der Waals surface area (Å²) >= 11 is 0. The van der Waals surface area contributed by atoms with Crippen LogP contribution >= 0.6 is 0 Å². The Balaban J connectivity index is 0.841. The van der Waals surface area contributed by atoms with Crippen molar-refractivity contribution in [1.82, 2.24) is 0 Å². The van der Waals surface area contributed by atoms with Crippen molar-refractivity contribution in [2.45, 2.75) is 349 Å². The number of nitrogens with zero attached hydrogens (tertiary/aromatic N) is 4. The first kappa shape index (κ1) is 84.8. The zero-order chi connectivity index (χ0) is 89.9. The lowest BCUT2D eigenvalue weighted by molar-refractivity contribution is 0.297. The minimum atomic E-state index is -0.270. The number of hydrogen-bond acceptors (Lipinski definition) is 6. The van der Waals surface area contributed by atoms with Crippen LogP contribution in [-0.4, -0.2) is 13.4 Å². The molecule has 20 rings (SSSR count). The Morgan fingerprint density at radius 1 is 0.286 bits per heavy atom. The van der Waals surface area contributed by atoms with Crippen LogP contribution in [0.25, 0.3) is 21.9 Å². The van der Waals surface area contributed by atoms with E-state index < -0.39 is 0 Å². The average Bonchev–Trinajstić information content (AvgIpc) is 1.16. The summed E-state index contributed by atoms with van der Waals surface area (Å²) in [6.07, 6.45) is 10.7. The smallest absolute Gasteiger partial charge is 0.297 e. The minimum Gasteiger partial charge on any atom is -0.468 e. The van der Waals surface area contributed by atoms with Crippen molar-refractivity contribution >= 4 is 137 Å². The van der Waals surface area contributed by atoms with Crippen molar-refractivity contribution in [2.24, 2.45) is 0 Å². The third-order valence-electron chi connectivity index (χ3n) is 33.1. The maximum absolute atomic E-state index is 7.93. The summed E-state index contributed by atoms with van der Waals surface area (Å²) in [5.41, 5.74) is 43.7. The molecule has 0 spiro atoms. The molecule has 10 aromatic carbocycles. The summed E-state index contributed by atoms with van der Waals surface area (Å²) in [5, 5.41) is 2.32. The van der Waals surface area contributed by atoms with Gasteiger partial charge in [-0.25, -0.2) is 0 Å². The molecule has 4 aliphatic carbocycles. The van der Waals surface area contributed by atoms with Gasteiger partial charge in [-0.15, -0.1) is 0 Å². The first-order valence-electron chi connectivity index (χ1n) is 48.1. The molecule has 4 aliphatic heterocycles. The fourth-order valence-electron chi connectivity index (χ4n) is 24.2. The van der Waals surface area contributed by atoms with Crippen molar-refractivity contribution < 1.29 is 8.83 Å². The van der Waals surface area contributed by atoms with Crippen LogP contribution in [0.5, 0.6) is 0 Å². The summed E-state index contributed by atoms with van der Waals surface area (Å²) in [4.78, 5) is 10.9. The molecule has 6 heterocycles. The lowest BCUT2D eigenvalue weighted by Crippen LogP contribution is -2.61. The van der Waals surface area contributed by atoms with Gasteiger partial charge in [0.1, 0.15) is 11.2 Å². The molecule has 1 unspecified atom stereocenters. The Bertz CT molecular complexity index is 6570. The highest BCUT2D eigenvalue weighted by Gasteiger charge is 2.54. The Hall–Kier alpha value is -9.39. The number of rotatable bonds is 7. The van der Waals surface area contributed by atoms with E-state index in [4.69, 9.17) is 8.83 Å². The second-order valence-corrected chi connectivity index (χ2v) is 50.7. The Kier molecular flexibility index (Phi) is 18.2. The SMILES string of the molecule is Cc1cc2c3c(c1)N(c1cc(C(C)(C)C)cc(C(C)(C)C)c1)c1c(oc4ccc(C(C)(C)C)cc14)B3c1cc3c(cc1N2c1ccc2c(c1)C(C)(C)CCC2(C)C)C(C)(C)CCC3(C)CCc1cc2c3c(c1)N(c1ccc(C(C)(C)C)cc1)c1c(oc4ccc(C(C)(C)C)cc14)B3c1cc3c(cc1N2c1ccc2c(c1)C(C)(C)CCC2(C)C)C(C)(C)CCC3(C)C. The third-order valence-corrected chi connectivity index (χ3v) is 33.1. The van der Waals surface area contributed by atoms with Gasteiger partial charge in [-0.1, -0.05) is 262 Å². The van der Waals surface area contributed by atoms with Gasteiger partial charge in [0.15, 0.2) is 0 Å². The predicted molar refractivity (Wildman–Crippen MR) is 543 cm³/mol. The molecule has 1 atom stereocenters. The molecule has 650 valence electrons. The molecule has 8 heteroatoms. The molecule has 2 aromatic heterocycles. The number of furan rings is 2. The topological polar surface area (TPSA) is 39.2 Å². The quantitative estimate of drug-likeness (QED) is 0.148. The van der Waals surface area contributed by atoms with Crippen molar-refractivity contribution in [2.75, 3.05) is 19.6 Å². The van der Waals surface area contributed by atoms with Crippen LogP contribution in [0.3, 0.4) is 0 Å². The summed E-state index contributed by atoms with van der Waals surface area (Å²) in [6.45, 7) is 75.2. The van der Waals surface area contributed by atoms with Gasteiger partial charge in [-0.2, -0.15) is 0 Å². The monoisotopic (exact) mass is 1670 g/mol. The Morgan fingerprint density at radius 3 is 1.04 bits per heavy atom. The van der Waals surface area contributed by atoms with E-state index in [1.807, 2.05) is 0 Å². The molecular weight excluding hydrogens is 1530 g/mol. The molecule has 0 amide bonds. The molecule has 0 N–H and O–H groups in total. The van der Waals surface area contributed by atoms with Crippen LogP contribution < -0.4 is 52.8 Å². The lowest BCUT2D eigenvalue weighted by atomic mass is 9.35. The third kappa shape index (κ3) is 13.1. The largest absolute Gasteiger partial charge is 0.468 e. The number of benzene rings is 10. The van der Waals surface area contributed by atoms with Gasteiger partial charge < -0.3 is 28.4 Å². The first-order valence-corrected chi connectivity index (χ1v) is 48.1. The van der Waals surface area contributed by atoms with Crippen LogP contribution in [0.15, 0.2) is 173 Å². The van der Waals surface area contributed by atoms with Crippen molar-refractivity contribution in [1.29, 1.82) is 0 Å². The van der Waals surface area contributed by atoms with Gasteiger partial charge in [0.25, 0.3) is 13.4 Å². The van der Waals surface area contributed by atoms with Gasteiger partial charge in [0.05, 0.1) is 22.7 Å². The van der Waals surface area contributed by atoms with E-state index in [-0.39, 0.29) is 83.8 Å². The molecule has 0 saturated carbocycles. The fourth-order valence-corrected chi connectivity index (χ4v) is 24.2. The fraction of sp³-hybridized carbons (Fsp3) is 0.458. The molecule has 0 saturated heterocycles. The number of fused-ring (bicyclic) bond motifs is 16. The summed E-state index contributed by atoms with van der Waals surface area (Å²) in [5.74, 6) is 0.